The highest BCUT2D eigenvalue weighted by Crippen LogP contribution is 2.14. The van der Waals surface area contributed by atoms with E-state index >= 15 is 0 Å². The molecule has 0 spiro atoms. The van der Waals surface area contributed by atoms with Gasteiger partial charge in [-0.05, 0) is 32.1 Å². The SMILES string of the molecule is CCCCCC/C=C/CCCC(CC(=O)O)C(=O)O. The van der Waals surface area contributed by atoms with Gasteiger partial charge in [-0.1, -0.05) is 38.3 Å². The molecule has 0 aromatic carbocycles. The molecule has 0 aliphatic carbocycles. The Hall–Kier alpha value is -1.32. The van der Waals surface area contributed by atoms with Gasteiger partial charge in [-0.3, -0.25) is 9.59 Å². The Morgan fingerprint density at radius 2 is 1.63 bits per heavy atom. The normalized spacial score (nSPS) is 12.7. The molecule has 110 valence electrons. The van der Waals surface area contributed by atoms with E-state index in [4.69, 9.17) is 10.2 Å². The highest BCUT2D eigenvalue weighted by atomic mass is 16.4. The minimum atomic E-state index is -1.04. The van der Waals surface area contributed by atoms with Crippen LogP contribution in [-0.4, -0.2) is 22.2 Å². The van der Waals surface area contributed by atoms with Crippen LogP contribution in [-0.2, 0) is 9.59 Å². The molecule has 2 N–H and O–H groups in total. The summed E-state index contributed by atoms with van der Waals surface area (Å²) in [4.78, 5) is 21.3. The van der Waals surface area contributed by atoms with Crippen LogP contribution in [0.4, 0.5) is 0 Å². The van der Waals surface area contributed by atoms with Gasteiger partial charge in [0, 0.05) is 0 Å². The first-order valence-electron chi connectivity index (χ1n) is 7.17. The number of aliphatic carboxylic acids is 2. The van der Waals surface area contributed by atoms with Crippen LogP contribution in [0.5, 0.6) is 0 Å². The van der Waals surface area contributed by atoms with E-state index in [0.29, 0.717) is 6.42 Å². The molecule has 0 amide bonds. The summed E-state index contributed by atoms with van der Waals surface area (Å²) in [6.45, 7) is 2.19. The third-order valence-corrected chi connectivity index (χ3v) is 3.08. The summed E-state index contributed by atoms with van der Waals surface area (Å²) in [7, 11) is 0. The number of carboxylic acids is 2. The predicted molar refractivity (Wildman–Crippen MR) is 75.1 cm³/mol. The molecule has 0 heterocycles. The number of allylic oxidation sites excluding steroid dienone is 2. The van der Waals surface area contributed by atoms with Crippen LogP contribution in [0.2, 0.25) is 0 Å². The number of hydrogen-bond donors (Lipinski definition) is 2. The molecule has 0 rings (SSSR count). The van der Waals surface area contributed by atoms with Gasteiger partial charge in [-0.15, -0.1) is 0 Å². The average Bonchev–Trinajstić information content (AvgIpc) is 2.34. The topological polar surface area (TPSA) is 74.6 Å². The molecule has 0 aliphatic rings. The van der Waals surface area contributed by atoms with E-state index in [9.17, 15) is 9.59 Å². The van der Waals surface area contributed by atoms with Crippen LogP contribution < -0.4 is 0 Å². The van der Waals surface area contributed by atoms with Gasteiger partial charge in [0.05, 0.1) is 12.3 Å². The van der Waals surface area contributed by atoms with Gasteiger partial charge in [0.25, 0.3) is 0 Å². The summed E-state index contributed by atoms with van der Waals surface area (Å²) in [5.74, 6) is -2.81. The fourth-order valence-electron chi connectivity index (χ4n) is 1.93. The fourth-order valence-corrected chi connectivity index (χ4v) is 1.93. The number of hydrogen-bond acceptors (Lipinski definition) is 2. The fraction of sp³-hybridized carbons (Fsp3) is 0.733. The molecule has 0 bridgehead atoms. The smallest absolute Gasteiger partial charge is 0.307 e. The molecule has 1 unspecified atom stereocenters. The number of carboxylic acid groups (broad SMARTS) is 2. The summed E-state index contributed by atoms with van der Waals surface area (Å²) in [5.41, 5.74) is 0. The zero-order chi connectivity index (χ0) is 14.5. The molecule has 4 heteroatoms. The van der Waals surface area contributed by atoms with Crippen molar-refractivity contribution in [2.75, 3.05) is 0 Å². The molecule has 0 aliphatic heterocycles. The van der Waals surface area contributed by atoms with Crippen molar-refractivity contribution in [1.29, 1.82) is 0 Å². The summed E-state index contributed by atoms with van der Waals surface area (Å²) >= 11 is 0. The molecular weight excluding hydrogens is 244 g/mol. The van der Waals surface area contributed by atoms with Gasteiger partial charge in [0.1, 0.15) is 0 Å². The van der Waals surface area contributed by atoms with Crippen molar-refractivity contribution < 1.29 is 19.8 Å². The third-order valence-electron chi connectivity index (χ3n) is 3.08. The molecule has 19 heavy (non-hydrogen) atoms. The zero-order valence-electron chi connectivity index (χ0n) is 11.8. The maximum Gasteiger partial charge on any atom is 0.307 e. The van der Waals surface area contributed by atoms with Crippen LogP contribution in [0, 0.1) is 5.92 Å². The predicted octanol–water partition coefficient (Wildman–Crippen LogP) is 3.86. The maximum absolute atomic E-state index is 10.8. The van der Waals surface area contributed by atoms with Crippen molar-refractivity contribution in [2.45, 2.75) is 64.7 Å². The Balaban J connectivity index is 3.62. The van der Waals surface area contributed by atoms with Crippen LogP contribution in [0.25, 0.3) is 0 Å². The lowest BCUT2D eigenvalue weighted by Gasteiger charge is -2.08. The quantitative estimate of drug-likeness (QED) is 0.417. The Bertz CT molecular complexity index is 284. The largest absolute Gasteiger partial charge is 0.481 e. The number of carbonyl (C=O) groups is 2. The van der Waals surface area contributed by atoms with Crippen LogP contribution >= 0.6 is 0 Å². The first-order chi connectivity index (χ1) is 9.07. The Kier molecular flexibility index (Phi) is 10.9. The van der Waals surface area contributed by atoms with E-state index in [1.165, 1.54) is 25.7 Å². The molecule has 0 aromatic rings. The lowest BCUT2D eigenvalue weighted by molar-refractivity contribution is -0.148. The van der Waals surface area contributed by atoms with Gasteiger partial charge in [0.15, 0.2) is 0 Å². The average molecular weight is 270 g/mol. The van der Waals surface area contributed by atoms with E-state index in [1.54, 1.807) is 0 Å². The highest BCUT2D eigenvalue weighted by molar-refractivity contribution is 5.77. The molecule has 1 atom stereocenters. The number of unbranched alkanes of at least 4 members (excludes halogenated alkanes) is 5. The van der Waals surface area contributed by atoms with Gasteiger partial charge >= 0.3 is 11.9 Å². The molecule has 0 saturated heterocycles. The summed E-state index contributed by atoms with van der Waals surface area (Å²) < 4.78 is 0. The van der Waals surface area contributed by atoms with Crippen molar-refractivity contribution >= 4 is 11.9 Å². The Morgan fingerprint density at radius 3 is 2.16 bits per heavy atom. The second kappa shape index (κ2) is 11.8. The first kappa shape index (κ1) is 17.7. The van der Waals surface area contributed by atoms with E-state index in [-0.39, 0.29) is 6.42 Å². The summed E-state index contributed by atoms with van der Waals surface area (Å²) in [5, 5.41) is 17.5. The van der Waals surface area contributed by atoms with E-state index < -0.39 is 17.9 Å². The number of rotatable bonds is 12. The highest BCUT2D eigenvalue weighted by Gasteiger charge is 2.19. The second-order valence-corrected chi connectivity index (χ2v) is 4.88. The van der Waals surface area contributed by atoms with Crippen molar-refractivity contribution in [3.8, 4) is 0 Å². The van der Waals surface area contributed by atoms with E-state index in [0.717, 1.165) is 19.3 Å². The molecule has 0 saturated carbocycles. The van der Waals surface area contributed by atoms with Gasteiger partial charge in [-0.25, -0.2) is 0 Å². The monoisotopic (exact) mass is 270 g/mol. The van der Waals surface area contributed by atoms with Crippen molar-refractivity contribution in [3.05, 3.63) is 12.2 Å². The van der Waals surface area contributed by atoms with E-state index in [2.05, 4.69) is 19.1 Å². The lowest BCUT2D eigenvalue weighted by atomic mass is 9.98. The maximum atomic E-state index is 10.8. The van der Waals surface area contributed by atoms with Crippen LogP contribution in [0.15, 0.2) is 12.2 Å². The van der Waals surface area contributed by atoms with Gasteiger partial charge < -0.3 is 10.2 Å². The van der Waals surface area contributed by atoms with Crippen molar-refractivity contribution in [3.63, 3.8) is 0 Å². The van der Waals surface area contributed by atoms with Gasteiger partial charge in [-0.2, -0.15) is 0 Å². The summed E-state index contributed by atoms with van der Waals surface area (Å²) in [6.07, 6.45) is 12.0. The van der Waals surface area contributed by atoms with Crippen LogP contribution in [0.1, 0.15) is 64.7 Å². The molecule has 0 fully saturated rings. The molecule has 4 nitrogen and oxygen atoms in total. The second-order valence-electron chi connectivity index (χ2n) is 4.88. The van der Waals surface area contributed by atoms with Crippen LogP contribution in [0.3, 0.4) is 0 Å². The minimum absolute atomic E-state index is 0.282. The van der Waals surface area contributed by atoms with Gasteiger partial charge in [0.2, 0.25) is 0 Å². The standard InChI is InChI=1S/C15H26O4/c1-2-3-4-5-6-7-8-9-10-11-13(15(18)19)12-14(16)17/h7-8,13H,2-6,9-12H2,1H3,(H,16,17)(H,18,19)/b8-7+. The third kappa shape index (κ3) is 11.5. The minimum Gasteiger partial charge on any atom is -0.481 e. The molecule has 0 aromatic heterocycles. The Morgan fingerprint density at radius 1 is 1.00 bits per heavy atom. The van der Waals surface area contributed by atoms with Crippen molar-refractivity contribution in [2.24, 2.45) is 5.92 Å². The first-order valence-corrected chi connectivity index (χ1v) is 7.17. The van der Waals surface area contributed by atoms with E-state index in [1.807, 2.05) is 0 Å². The summed E-state index contributed by atoms with van der Waals surface area (Å²) in [6, 6.07) is 0. The lowest BCUT2D eigenvalue weighted by Crippen LogP contribution is -2.17. The molecular formula is C15H26O4. The molecule has 0 radical (unpaired) electrons. The van der Waals surface area contributed by atoms with Crippen molar-refractivity contribution in [1.82, 2.24) is 0 Å². The zero-order valence-corrected chi connectivity index (χ0v) is 11.8. The Labute approximate surface area is 115 Å².